The van der Waals surface area contributed by atoms with Gasteiger partial charge >= 0.3 is 6.72 Å². The first-order valence-electron chi connectivity index (χ1n) is 13.1. The number of nitrogens with two attached hydrogens (primary N) is 3. The molecule has 4 aromatic heterocycles. The lowest BCUT2D eigenvalue weighted by atomic mass is 10.1. The van der Waals surface area contributed by atoms with E-state index in [0.29, 0.717) is 0 Å². The summed E-state index contributed by atoms with van der Waals surface area (Å²) in [4.78, 5) is 35.4. The zero-order valence-corrected chi connectivity index (χ0v) is 25.6. The van der Waals surface area contributed by atoms with Gasteiger partial charge in [0.2, 0.25) is 0 Å². The van der Waals surface area contributed by atoms with E-state index in [0.717, 1.165) is 0 Å². The Morgan fingerprint density at radius 1 is 0.848 bits per heavy atom. The predicted molar refractivity (Wildman–Crippen MR) is 163 cm³/mol. The number of halogens is 2. The molecule has 0 aromatic carbocycles. The molecule has 3 aliphatic rings. The van der Waals surface area contributed by atoms with Gasteiger partial charge in [0.05, 0.1) is 33.4 Å². The number of aromatic nitrogens is 8. The molecule has 19 nitrogen and oxygen atoms in total. The molecule has 3 aliphatic heterocycles. The quantitative estimate of drug-likeness (QED) is 0.150. The number of anilines is 2. The lowest BCUT2D eigenvalue weighted by Crippen LogP contribution is -2.34. The van der Waals surface area contributed by atoms with Crippen LogP contribution in [0.4, 0.5) is 20.4 Å². The summed E-state index contributed by atoms with van der Waals surface area (Å²) in [6.07, 6.45) is -7.27. The molecule has 7 heterocycles. The van der Waals surface area contributed by atoms with Crippen molar-refractivity contribution in [2.24, 2.45) is 5.73 Å². The highest BCUT2D eigenvalue weighted by Crippen LogP contribution is 2.54. The first-order valence-corrected chi connectivity index (χ1v) is 16.8. The van der Waals surface area contributed by atoms with Crippen molar-refractivity contribution in [3.05, 3.63) is 25.3 Å². The van der Waals surface area contributed by atoms with Crippen LogP contribution in [0.5, 0.6) is 0 Å². The molecule has 4 aromatic rings. The van der Waals surface area contributed by atoms with Gasteiger partial charge in [-0.05, 0) is 18.9 Å². The van der Waals surface area contributed by atoms with E-state index in [9.17, 15) is 9.46 Å². The number of imidazole rings is 2. The number of alkyl halides is 2. The van der Waals surface area contributed by atoms with Crippen molar-refractivity contribution in [2.75, 3.05) is 31.7 Å². The third-order valence-electron chi connectivity index (χ3n) is 7.06. The highest BCUT2D eigenvalue weighted by Gasteiger charge is 2.53. The lowest BCUT2D eigenvalue weighted by Gasteiger charge is -2.29. The van der Waals surface area contributed by atoms with Crippen LogP contribution in [-0.4, -0.2) is 109 Å². The Kier molecular flexibility index (Phi) is 9.11. The van der Waals surface area contributed by atoms with Crippen molar-refractivity contribution >= 4 is 67.5 Å². The molecule has 2 bridgehead atoms. The molecule has 46 heavy (non-hydrogen) atoms. The molecule has 10 atom stereocenters. The van der Waals surface area contributed by atoms with Crippen molar-refractivity contribution in [3.8, 4) is 0 Å². The Bertz CT molecular complexity index is 1840. The van der Waals surface area contributed by atoms with Gasteiger partial charge in [-0.3, -0.25) is 13.7 Å². The van der Waals surface area contributed by atoms with E-state index in [1.54, 1.807) is 0 Å². The molecule has 0 saturated carbocycles. The van der Waals surface area contributed by atoms with Crippen LogP contribution in [0.15, 0.2) is 25.3 Å². The predicted octanol–water partition coefficient (Wildman–Crippen LogP) is -0.616. The maximum atomic E-state index is 16.0. The van der Waals surface area contributed by atoms with Crippen LogP contribution < -0.4 is 17.2 Å². The van der Waals surface area contributed by atoms with Crippen molar-refractivity contribution in [1.29, 1.82) is 0 Å². The minimum absolute atomic E-state index is 0.0746. The molecule has 3 saturated heterocycles. The highest BCUT2D eigenvalue weighted by molar-refractivity contribution is 8.07. The SMILES string of the molecule is CN.[BH3-]P1(=O)OC[C@H]2O[C@@H](n3cnc4c(N)ncnc43)[C@H](OP(O)(=S)OC[C@H]3O[C@@H](n4cnc5c(N)ncnc54)[C@H](F)[C@@H]3O1)C2F. The van der Waals surface area contributed by atoms with Crippen molar-refractivity contribution in [3.63, 3.8) is 0 Å². The normalized spacial score (nSPS) is 36.7. The van der Waals surface area contributed by atoms with E-state index in [4.69, 9.17) is 50.8 Å². The summed E-state index contributed by atoms with van der Waals surface area (Å²) in [6.45, 7) is -5.38. The van der Waals surface area contributed by atoms with Gasteiger partial charge in [0.15, 0.2) is 47.7 Å². The third kappa shape index (κ3) is 6.01. The minimum atomic E-state index is -4.26. The van der Waals surface area contributed by atoms with Gasteiger partial charge in [-0.2, -0.15) is 0 Å². The fraction of sp³-hybridized carbons (Fsp3) is 0.524. The maximum absolute atomic E-state index is 16.0. The lowest BCUT2D eigenvalue weighted by molar-refractivity contribution is -0.0586. The Morgan fingerprint density at radius 2 is 1.39 bits per heavy atom. The standard InChI is InChI=1S/C20H24BF2N10O8P2S.CH5N/c21-42(34)36-1-7-9(22)14(20(38-7)33-6-31-12-16(25)27-4-29-18(12)33)41-43(35,44)37-2-8-13(40-42)10(23)19(39-8)32-5-30-11-15(24)26-3-28-17(11)32;1-2/h3-10,13-14,19-20H,1-2H2,21H3,(H,35,44)(H2,24,26,28)(H2,25,27,29);2H2,1H3/q-1;/t7-,8-,9?,10-,13-,14-,19-,20-,42?,43?;/m1./s1. The zero-order valence-electron chi connectivity index (χ0n) is 23.0. The van der Waals surface area contributed by atoms with E-state index >= 15 is 8.78 Å². The second-order valence-electron chi connectivity index (χ2n) is 9.61. The van der Waals surface area contributed by atoms with E-state index in [1.807, 2.05) is 0 Å². The molecular weight excluding hydrogens is 677 g/mol. The molecule has 0 radical (unpaired) electrons. The van der Waals surface area contributed by atoms with E-state index in [-0.39, 0.29) is 34.0 Å². The van der Waals surface area contributed by atoms with Gasteiger partial charge in [0.25, 0.3) is 0 Å². The number of nitrogen functional groups attached to an aromatic ring is 2. The second kappa shape index (κ2) is 12.7. The van der Waals surface area contributed by atoms with Crippen LogP contribution in [0, 0.1) is 0 Å². The zero-order chi connectivity index (χ0) is 33.0. The fourth-order valence-electron chi connectivity index (χ4n) is 5.07. The van der Waals surface area contributed by atoms with Gasteiger partial charge < -0.3 is 49.7 Å². The van der Waals surface area contributed by atoms with Gasteiger partial charge in [-0.1, -0.05) is 0 Å². The van der Waals surface area contributed by atoms with Gasteiger partial charge in [0, 0.05) is 0 Å². The third-order valence-corrected chi connectivity index (χ3v) is 9.40. The average Bonchev–Trinajstić information content (AvgIpc) is 3.78. The fourth-order valence-corrected chi connectivity index (χ4v) is 7.26. The monoisotopic (exact) mass is 706 g/mol. The molecule has 3 fully saturated rings. The molecule has 25 heteroatoms. The van der Waals surface area contributed by atoms with Crippen LogP contribution in [-0.2, 0) is 43.9 Å². The first kappa shape index (κ1) is 33.1. The summed E-state index contributed by atoms with van der Waals surface area (Å²) in [6, 6.07) is 0. The van der Waals surface area contributed by atoms with Crippen molar-refractivity contribution in [1.82, 2.24) is 39.0 Å². The Balaban J connectivity index is 0.00000182. The number of hydrogen-bond donors (Lipinski definition) is 4. The first-order chi connectivity index (χ1) is 21.9. The van der Waals surface area contributed by atoms with Gasteiger partial charge in [-0.15, -0.1) is 0 Å². The Morgan fingerprint density at radius 3 is 2.00 bits per heavy atom. The number of ether oxygens (including phenoxy) is 2. The van der Waals surface area contributed by atoms with Gasteiger partial charge in [0.1, 0.15) is 55.6 Å². The molecule has 250 valence electrons. The van der Waals surface area contributed by atoms with E-state index in [1.165, 1.54) is 41.5 Å². The molecule has 0 spiro atoms. The van der Waals surface area contributed by atoms with Crippen LogP contribution in [0.2, 0.25) is 0 Å². The second-order valence-corrected chi connectivity index (χ2v) is 13.3. The molecule has 0 aliphatic carbocycles. The van der Waals surface area contributed by atoms with Crippen LogP contribution in [0.3, 0.4) is 0 Å². The number of nitrogens with zero attached hydrogens (tertiary/aromatic N) is 8. The summed E-state index contributed by atoms with van der Waals surface area (Å²) in [5.41, 5.74) is 17.1. The van der Waals surface area contributed by atoms with Crippen molar-refractivity contribution < 1.29 is 45.8 Å². The largest absolute Gasteiger partial charge is 0.382 e. The average molecular weight is 706 g/mol. The number of rotatable bonds is 2. The Hall–Kier alpha value is -2.82. The summed E-state index contributed by atoms with van der Waals surface area (Å²) < 4.78 is 82.4. The highest BCUT2D eigenvalue weighted by atomic mass is 32.5. The molecule has 0 amide bonds. The molecule has 7 rings (SSSR count). The Labute approximate surface area is 264 Å². The van der Waals surface area contributed by atoms with Crippen LogP contribution in [0.25, 0.3) is 22.3 Å². The molecule has 7 N–H and O–H groups in total. The smallest absolute Gasteiger partial charge is 0.325 e. The van der Waals surface area contributed by atoms with E-state index < -0.39 is 84.2 Å². The number of fused-ring (bicyclic) bond motifs is 5. The maximum Gasteiger partial charge on any atom is 0.325 e. The van der Waals surface area contributed by atoms with Gasteiger partial charge in [-0.25, -0.2) is 38.7 Å². The van der Waals surface area contributed by atoms with Crippen LogP contribution in [0.1, 0.15) is 12.5 Å². The summed E-state index contributed by atoms with van der Waals surface area (Å²) in [7, 11) is -3.62. The molecule has 3 unspecified atom stereocenters. The number of hydrogen-bond acceptors (Lipinski definition) is 17. The van der Waals surface area contributed by atoms with Crippen LogP contribution >= 0.6 is 14.2 Å². The topological polar surface area (TPSA) is 258 Å². The molecular formula is C21H29BF2N11O8P2S-. The summed E-state index contributed by atoms with van der Waals surface area (Å²) >= 11 is 5.21. The minimum Gasteiger partial charge on any atom is -0.382 e. The van der Waals surface area contributed by atoms with Crippen molar-refractivity contribution in [2.45, 2.75) is 49.2 Å². The summed E-state index contributed by atoms with van der Waals surface area (Å²) in [5, 5.41) is 0. The van der Waals surface area contributed by atoms with E-state index in [2.05, 4.69) is 35.6 Å². The summed E-state index contributed by atoms with van der Waals surface area (Å²) in [5.74, 6) is 0.150.